The molecule has 2 heterocycles. The summed E-state index contributed by atoms with van der Waals surface area (Å²) in [6.07, 6.45) is 2.20. The topological polar surface area (TPSA) is 79.6 Å². The average molecular weight is 538 g/mol. The van der Waals surface area contributed by atoms with Gasteiger partial charge in [-0.15, -0.1) is 0 Å². The number of sulfone groups is 1. The Labute approximate surface area is 200 Å². The molecular formula is C23H22BrClN2O4S. The fourth-order valence-corrected chi connectivity index (χ4v) is 5.53. The van der Waals surface area contributed by atoms with Crippen molar-refractivity contribution in [1.82, 2.24) is 10.2 Å². The maximum absolute atomic E-state index is 12.8. The highest BCUT2D eigenvalue weighted by atomic mass is 79.9. The fraction of sp³-hybridized carbons (Fsp3) is 0.261. The summed E-state index contributed by atoms with van der Waals surface area (Å²) in [5.74, 6) is -0.529. The molecule has 6 nitrogen and oxygen atoms in total. The van der Waals surface area contributed by atoms with Gasteiger partial charge in [0.1, 0.15) is 0 Å². The van der Waals surface area contributed by atoms with Crippen LogP contribution in [0.3, 0.4) is 0 Å². The zero-order valence-corrected chi connectivity index (χ0v) is 20.3. The van der Waals surface area contributed by atoms with Gasteiger partial charge in [0, 0.05) is 16.0 Å². The molecule has 3 aromatic rings. The lowest BCUT2D eigenvalue weighted by molar-refractivity contribution is 0.0905. The first-order chi connectivity index (χ1) is 15.4. The first-order valence-corrected chi connectivity index (χ1v) is 12.9. The molecule has 1 fully saturated rings. The number of benzene rings is 2. The van der Waals surface area contributed by atoms with Crippen LogP contribution in [0.4, 0.5) is 0 Å². The molecule has 1 N–H and O–H groups in total. The van der Waals surface area contributed by atoms with Gasteiger partial charge < -0.3 is 9.73 Å². The zero-order chi connectivity index (χ0) is 22.7. The predicted molar refractivity (Wildman–Crippen MR) is 126 cm³/mol. The Morgan fingerprint density at radius 3 is 2.44 bits per heavy atom. The molecule has 0 bridgehead atoms. The molecule has 1 atom stereocenters. The third-order valence-corrected chi connectivity index (χ3v) is 8.01. The van der Waals surface area contributed by atoms with Gasteiger partial charge in [-0.25, -0.2) is 8.42 Å². The SMILES string of the molecule is O=C(NCC(c1ccccc1Cl)N1CCCC1)c1ccc(S(=O)(=O)c2ccc(Br)cc2)o1. The van der Waals surface area contributed by atoms with Crippen molar-refractivity contribution < 1.29 is 17.6 Å². The van der Waals surface area contributed by atoms with Crippen molar-refractivity contribution >= 4 is 43.3 Å². The number of rotatable bonds is 7. The molecule has 4 rings (SSSR count). The van der Waals surface area contributed by atoms with Gasteiger partial charge in [-0.2, -0.15) is 0 Å². The van der Waals surface area contributed by atoms with Crippen molar-refractivity contribution in [2.45, 2.75) is 28.9 Å². The highest BCUT2D eigenvalue weighted by Crippen LogP contribution is 2.30. The smallest absolute Gasteiger partial charge is 0.287 e. The van der Waals surface area contributed by atoms with E-state index in [0.717, 1.165) is 36.0 Å². The number of likely N-dealkylation sites (tertiary alicyclic amines) is 1. The normalized spacial score (nSPS) is 15.6. The number of nitrogens with zero attached hydrogens (tertiary/aromatic N) is 1. The van der Waals surface area contributed by atoms with E-state index in [-0.39, 0.29) is 21.8 Å². The van der Waals surface area contributed by atoms with Crippen LogP contribution < -0.4 is 5.32 Å². The first kappa shape index (κ1) is 23.0. The summed E-state index contributed by atoms with van der Waals surface area (Å²) in [5, 5.41) is 3.26. The van der Waals surface area contributed by atoms with E-state index in [4.69, 9.17) is 16.0 Å². The van der Waals surface area contributed by atoms with Crippen LogP contribution in [0.1, 0.15) is 35.0 Å². The fourth-order valence-electron chi connectivity index (χ4n) is 3.83. The lowest BCUT2D eigenvalue weighted by Gasteiger charge is -2.28. The molecule has 2 aromatic carbocycles. The predicted octanol–water partition coefficient (Wildman–Crippen LogP) is 5.10. The van der Waals surface area contributed by atoms with Crippen molar-refractivity contribution in [3.05, 3.63) is 81.5 Å². The maximum Gasteiger partial charge on any atom is 0.287 e. The number of amides is 1. The van der Waals surface area contributed by atoms with Gasteiger partial charge in [0.15, 0.2) is 5.76 Å². The molecule has 1 aromatic heterocycles. The molecule has 1 amide bonds. The van der Waals surface area contributed by atoms with Gasteiger partial charge in [0.2, 0.25) is 14.9 Å². The molecule has 0 aliphatic carbocycles. The number of carbonyl (C=O) groups excluding carboxylic acids is 1. The van der Waals surface area contributed by atoms with Crippen LogP contribution in [0.15, 0.2) is 79.5 Å². The minimum atomic E-state index is -3.85. The van der Waals surface area contributed by atoms with E-state index in [0.29, 0.717) is 11.6 Å². The van der Waals surface area contributed by atoms with E-state index in [2.05, 4.69) is 26.1 Å². The van der Waals surface area contributed by atoms with Crippen LogP contribution >= 0.6 is 27.5 Å². The van der Waals surface area contributed by atoms with Gasteiger partial charge in [0.25, 0.3) is 5.91 Å². The standard InChI is InChI=1S/C23H22BrClN2O4S/c24-16-7-9-17(10-8-16)32(29,30)22-12-11-21(31-22)23(28)26-15-20(27-13-3-4-14-27)18-5-1-2-6-19(18)25/h1-2,5-12,20H,3-4,13-15H2,(H,26,28). The van der Waals surface area contributed by atoms with Crippen LogP contribution in [0.25, 0.3) is 0 Å². The summed E-state index contributed by atoms with van der Waals surface area (Å²) in [6, 6.07) is 16.4. The largest absolute Gasteiger partial charge is 0.439 e. The highest BCUT2D eigenvalue weighted by Gasteiger charge is 2.27. The van der Waals surface area contributed by atoms with E-state index >= 15 is 0 Å². The Balaban J connectivity index is 1.49. The number of hydrogen-bond donors (Lipinski definition) is 1. The Morgan fingerprint density at radius 2 is 1.75 bits per heavy atom. The van der Waals surface area contributed by atoms with Crippen LogP contribution in [-0.2, 0) is 9.84 Å². The summed E-state index contributed by atoms with van der Waals surface area (Å²) in [4.78, 5) is 15.1. The molecule has 1 aliphatic rings. The molecule has 168 valence electrons. The van der Waals surface area contributed by atoms with Gasteiger partial charge in [-0.05, 0) is 74.0 Å². The number of halogens is 2. The second kappa shape index (κ2) is 9.79. The molecule has 1 aliphatic heterocycles. The second-order valence-corrected chi connectivity index (χ2v) is 10.8. The molecule has 1 saturated heterocycles. The maximum atomic E-state index is 12.8. The Hall–Kier alpha value is -2.13. The quantitative estimate of drug-likeness (QED) is 0.454. The minimum Gasteiger partial charge on any atom is -0.439 e. The zero-order valence-electron chi connectivity index (χ0n) is 17.1. The number of carbonyl (C=O) groups is 1. The van der Waals surface area contributed by atoms with Gasteiger partial charge >= 0.3 is 0 Å². The molecule has 32 heavy (non-hydrogen) atoms. The lowest BCUT2D eigenvalue weighted by Crippen LogP contribution is -2.36. The molecule has 1 unspecified atom stereocenters. The summed E-state index contributed by atoms with van der Waals surface area (Å²) in [6.45, 7) is 2.20. The Kier molecular flexibility index (Phi) is 7.05. The lowest BCUT2D eigenvalue weighted by atomic mass is 10.1. The van der Waals surface area contributed by atoms with Crippen LogP contribution in [0.2, 0.25) is 5.02 Å². The van der Waals surface area contributed by atoms with Gasteiger partial charge in [-0.3, -0.25) is 9.69 Å². The van der Waals surface area contributed by atoms with Crippen LogP contribution in [0, 0.1) is 0 Å². The number of hydrogen-bond acceptors (Lipinski definition) is 5. The average Bonchev–Trinajstić information content (AvgIpc) is 3.48. The van der Waals surface area contributed by atoms with E-state index in [9.17, 15) is 13.2 Å². The molecule has 0 spiro atoms. The second-order valence-electron chi connectivity index (χ2n) is 7.57. The van der Waals surface area contributed by atoms with Crippen molar-refractivity contribution in [3.8, 4) is 0 Å². The van der Waals surface area contributed by atoms with Crippen molar-refractivity contribution in [1.29, 1.82) is 0 Å². The van der Waals surface area contributed by atoms with Crippen LogP contribution in [0.5, 0.6) is 0 Å². The van der Waals surface area contributed by atoms with Gasteiger partial charge in [-0.1, -0.05) is 45.7 Å². The Morgan fingerprint density at radius 1 is 1.06 bits per heavy atom. The number of nitrogens with one attached hydrogen (secondary N) is 1. The minimum absolute atomic E-state index is 0.0555. The van der Waals surface area contributed by atoms with Crippen molar-refractivity contribution in [2.24, 2.45) is 0 Å². The van der Waals surface area contributed by atoms with E-state index < -0.39 is 15.7 Å². The summed E-state index contributed by atoms with van der Waals surface area (Å²) in [7, 11) is -3.85. The third kappa shape index (κ3) is 4.93. The monoisotopic (exact) mass is 536 g/mol. The van der Waals surface area contributed by atoms with E-state index in [1.54, 1.807) is 12.1 Å². The summed E-state index contributed by atoms with van der Waals surface area (Å²) >= 11 is 9.71. The summed E-state index contributed by atoms with van der Waals surface area (Å²) in [5.41, 5.74) is 0.953. The van der Waals surface area contributed by atoms with E-state index in [1.807, 2.05) is 24.3 Å². The molecule has 0 saturated carbocycles. The van der Waals surface area contributed by atoms with E-state index in [1.165, 1.54) is 24.3 Å². The van der Waals surface area contributed by atoms with Crippen molar-refractivity contribution in [3.63, 3.8) is 0 Å². The van der Waals surface area contributed by atoms with Gasteiger partial charge in [0.05, 0.1) is 10.9 Å². The third-order valence-electron chi connectivity index (χ3n) is 5.50. The highest BCUT2D eigenvalue weighted by molar-refractivity contribution is 9.10. The molecular weight excluding hydrogens is 516 g/mol. The number of furan rings is 1. The van der Waals surface area contributed by atoms with Crippen molar-refractivity contribution in [2.75, 3.05) is 19.6 Å². The first-order valence-electron chi connectivity index (χ1n) is 10.2. The Bertz CT molecular complexity index is 1200. The summed E-state index contributed by atoms with van der Waals surface area (Å²) < 4.78 is 31.8. The molecule has 0 radical (unpaired) electrons. The molecule has 9 heteroatoms. The van der Waals surface area contributed by atoms with Crippen LogP contribution in [-0.4, -0.2) is 38.9 Å².